The highest BCUT2D eigenvalue weighted by Crippen LogP contribution is 2.56. The van der Waals surface area contributed by atoms with Crippen molar-refractivity contribution in [3.05, 3.63) is 0 Å². The zero-order valence-corrected chi connectivity index (χ0v) is 6.28. The van der Waals surface area contributed by atoms with Crippen LogP contribution in [0.5, 0.6) is 0 Å². The molecule has 11 heavy (non-hydrogen) atoms. The molecule has 0 saturated heterocycles. The maximum atomic E-state index is 8.57. The van der Waals surface area contributed by atoms with Gasteiger partial charge in [0, 0.05) is 11.3 Å². The molecule has 0 aromatic carbocycles. The van der Waals surface area contributed by atoms with Crippen LogP contribution < -0.4 is 0 Å². The maximum Gasteiger partial charge on any atom is 0.111 e. The SMILES string of the molecule is C[C@@]12CC[C@@H]1C(=N/O)/C2=N/O. The van der Waals surface area contributed by atoms with Crippen molar-refractivity contribution in [2.24, 2.45) is 21.6 Å². The maximum absolute atomic E-state index is 8.57. The molecule has 4 heteroatoms. The number of hydrogen-bond donors (Lipinski definition) is 2. The van der Waals surface area contributed by atoms with Crippen molar-refractivity contribution >= 4 is 11.4 Å². The highest BCUT2D eigenvalue weighted by atomic mass is 16.4. The average Bonchev–Trinajstić information content (AvgIpc) is 2.01. The van der Waals surface area contributed by atoms with Crippen LogP contribution in [0.2, 0.25) is 0 Å². The second-order valence-electron chi connectivity index (χ2n) is 3.44. The summed E-state index contributed by atoms with van der Waals surface area (Å²) in [6, 6.07) is 0. The van der Waals surface area contributed by atoms with Gasteiger partial charge in [-0.05, 0) is 12.8 Å². The summed E-state index contributed by atoms with van der Waals surface area (Å²) in [6.45, 7) is 2.03. The van der Waals surface area contributed by atoms with E-state index in [4.69, 9.17) is 10.4 Å². The highest BCUT2D eigenvalue weighted by Gasteiger charge is 2.61. The Kier molecular flexibility index (Phi) is 1.06. The van der Waals surface area contributed by atoms with Gasteiger partial charge in [0.25, 0.3) is 0 Å². The lowest BCUT2D eigenvalue weighted by Gasteiger charge is -2.56. The molecule has 0 bridgehead atoms. The monoisotopic (exact) mass is 154 g/mol. The van der Waals surface area contributed by atoms with Crippen molar-refractivity contribution in [3.8, 4) is 0 Å². The Balaban J connectivity index is 2.33. The topological polar surface area (TPSA) is 65.2 Å². The summed E-state index contributed by atoms with van der Waals surface area (Å²) in [4.78, 5) is 0. The fraction of sp³-hybridized carbons (Fsp3) is 0.714. The molecule has 0 unspecified atom stereocenters. The fourth-order valence-corrected chi connectivity index (χ4v) is 2.11. The largest absolute Gasteiger partial charge is 0.411 e. The van der Waals surface area contributed by atoms with Crippen molar-refractivity contribution in [2.75, 3.05) is 0 Å². The van der Waals surface area contributed by atoms with Gasteiger partial charge in [-0.2, -0.15) is 0 Å². The summed E-state index contributed by atoms with van der Waals surface area (Å²) in [7, 11) is 0. The van der Waals surface area contributed by atoms with Crippen molar-refractivity contribution in [3.63, 3.8) is 0 Å². The van der Waals surface area contributed by atoms with E-state index in [1.807, 2.05) is 6.92 Å². The van der Waals surface area contributed by atoms with Crippen LogP contribution in [0.25, 0.3) is 0 Å². The molecule has 0 spiro atoms. The van der Waals surface area contributed by atoms with E-state index in [2.05, 4.69) is 10.3 Å². The second kappa shape index (κ2) is 1.75. The minimum atomic E-state index is 0.0102. The van der Waals surface area contributed by atoms with E-state index in [1.54, 1.807) is 0 Å². The molecule has 2 atom stereocenters. The van der Waals surface area contributed by atoms with Gasteiger partial charge in [0.05, 0.1) is 0 Å². The van der Waals surface area contributed by atoms with Crippen molar-refractivity contribution < 1.29 is 10.4 Å². The molecule has 2 aliphatic carbocycles. The predicted molar refractivity (Wildman–Crippen MR) is 39.3 cm³/mol. The molecule has 0 radical (unpaired) electrons. The molecule has 4 nitrogen and oxygen atoms in total. The van der Waals surface area contributed by atoms with Crippen molar-refractivity contribution in [1.82, 2.24) is 0 Å². The van der Waals surface area contributed by atoms with Crippen molar-refractivity contribution in [2.45, 2.75) is 19.8 Å². The third kappa shape index (κ3) is 0.514. The molecule has 2 saturated carbocycles. The Morgan fingerprint density at radius 1 is 1.45 bits per heavy atom. The standard InChI is InChI=1S/C7H10N2O2/c1-7-3-2-4(7)5(8-10)6(7)9-11/h4,10-11H,2-3H2,1H3/b8-5-,9-6-/t4-,7-/m1/s1. The van der Waals surface area contributed by atoms with Crippen LogP contribution in [0.4, 0.5) is 0 Å². The third-order valence-corrected chi connectivity index (χ3v) is 3.04. The van der Waals surface area contributed by atoms with Crippen LogP contribution >= 0.6 is 0 Å². The minimum absolute atomic E-state index is 0.0102. The summed E-state index contributed by atoms with van der Waals surface area (Å²) in [5, 5.41) is 23.3. The summed E-state index contributed by atoms with van der Waals surface area (Å²) < 4.78 is 0. The first-order chi connectivity index (χ1) is 5.24. The number of oxime groups is 2. The van der Waals surface area contributed by atoms with Crippen LogP contribution in [0.1, 0.15) is 19.8 Å². The van der Waals surface area contributed by atoms with Gasteiger partial charge in [0.2, 0.25) is 0 Å². The zero-order chi connectivity index (χ0) is 8.06. The van der Waals surface area contributed by atoms with Crippen LogP contribution in [0.3, 0.4) is 0 Å². The Hall–Kier alpha value is -1.06. The smallest absolute Gasteiger partial charge is 0.111 e. The average molecular weight is 154 g/mol. The summed E-state index contributed by atoms with van der Waals surface area (Å²) in [5.41, 5.74) is 1.15. The second-order valence-corrected chi connectivity index (χ2v) is 3.44. The first-order valence-electron chi connectivity index (χ1n) is 3.69. The van der Waals surface area contributed by atoms with E-state index in [9.17, 15) is 0 Å². The van der Waals surface area contributed by atoms with E-state index < -0.39 is 0 Å². The molecule has 2 N–H and O–H groups in total. The summed E-state index contributed by atoms with van der Waals surface area (Å²) in [6.07, 6.45) is 2.09. The first-order valence-corrected chi connectivity index (χ1v) is 3.69. The molecular weight excluding hydrogens is 144 g/mol. The Labute approximate surface area is 64.2 Å². The molecule has 0 heterocycles. The Bertz CT molecular complexity index is 259. The van der Waals surface area contributed by atoms with Crippen LogP contribution in [0, 0.1) is 11.3 Å². The van der Waals surface area contributed by atoms with Crippen LogP contribution in [0.15, 0.2) is 10.3 Å². The van der Waals surface area contributed by atoms with E-state index in [-0.39, 0.29) is 5.41 Å². The van der Waals surface area contributed by atoms with E-state index in [1.165, 1.54) is 0 Å². The van der Waals surface area contributed by atoms with E-state index in [0.717, 1.165) is 12.8 Å². The molecule has 0 aromatic rings. The van der Waals surface area contributed by atoms with Gasteiger partial charge in [-0.1, -0.05) is 17.2 Å². The first kappa shape index (κ1) is 6.64. The predicted octanol–water partition coefficient (Wildman–Crippen LogP) is 1.08. The summed E-state index contributed by atoms with van der Waals surface area (Å²) in [5.74, 6) is 0.332. The van der Waals surface area contributed by atoms with Gasteiger partial charge in [0.1, 0.15) is 11.4 Å². The highest BCUT2D eigenvalue weighted by molar-refractivity contribution is 6.52. The molecule has 2 rings (SSSR count). The van der Waals surface area contributed by atoms with Gasteiger partial charge in [-0.15, -0.1) is 0 Å². The van der Waals surface area contributed by atoms with Gasteiger partial charge < -0.3 is 10.4 Å². The Morgan fingerprint density at radius 2 is 2.18 bits per heavy atom. The quantitative estimate of drug-likeness (QED) is 0.405. The van der Waals surface area contributed by atoms with Crippen molar-refractivity contribution in [1.29, 1.82) is 0 Å². The lowest BCUT2D eigenvalue weighted by molar-refractivity contribution is 0.153. The molecule has 2 fully saturated rings. The molecule has 0 amide bonds. The minimum Gasteiger partial charge on any atom is -0.411 e. The Morgan fingerprint density at radius 3 is 2.45 bits per heavy atom. The lowest BCUT2D eigenvalue weighted by atomic mass is 9.46. The van der Waals surface area contributed by atoms with Gasteiger partial charge in [-0.25, -0.2) is 0 Å². The van der Waals surface area contributed by atoms with Crippen LogP contribution in [-0.4, -0.2) is 21.8 Å². The van der Waals surface area contributed by atoms with Gasteiger partial charge >= 0.3 is 0 Å². The molecule has 60 valence electrons. The van der Waals surface area contributed by atoms with E-state index in [0.29, 0.717) is 17.3 Å². The molecule has 0 aromatic heterocycles. The molecule has 2 aliphatic rings. The normalized spacial score (nSPS) is 48.3. The molecule has 0 aliphatic heterocycles. The summed E-state index contributed by atoms with van der Waals surface area (Å²) >= 11 is 0. The lowest BCUT2D eigenvalue weighted by Crippen LogP contribution is -2.63. The number of rotatable bonds is 0. The molecular formula is C7H10N2O2. The van der Waals surface area contributed by atoms with Gasteiger partial charge in [-0.3, -0.25) is 0 Å². The number of fused-ring (bicyclic) bond motifs is 1. The van der Waals surface area contributed by atoms with Crippen LogP contribution in [-0.2, 0) is 0 Å². The number of hydrogen-bond acceptors (Lipinski definition) is 4. The number of nitrogens with zero attached hydrogens (tertiary/aromatic N) is 2. The third-order valence-electron chi connectivity index (χ3n) is 3.04. The van der Waals surface area contributed by atoms with E-state index >= 15 is 0 Å². The van der Waals surface area contributed by atoms with Gasteiger partial charge in [0.15, 0.2) is 0 Å². The zero-order valence-electron chi connectivity index (χ0n) is 6.28. The fourth-order valence-electron chi connectivity index (χ4n) is 2.11.